The minimum absolute atomic E-state index is 0.217. The molecule has 0 aliphatic heterocycles. The van der Waals surface area contributed by atoms with Crippen molar-refractivity contribution in [2.24, 2.45) is 0 Å². The summed E-state index contributed by atoms with van der Waals surface area (Å²) in [6, 6.07) is 9.40. The Morgan fingerprint density at radius 3 is 2.35 bits per heavy atom. The average molecular weight is 234 g/mol. The van der Waals surface area contributed by atoms with Crippen molar-refractivity contribution in [1.29, 1.82) is 0 Å². The van der Waals surface area contributed by atoms with Crippen molar-refractivity contribution in [2.45, 2.75) is 0 Å². The van der Waals surface area contributed by atoms with Crippen LogP contribution in [0.1, 0.15) is 0 Å². The normalized spacial score (nSPS) is 10.4. The van der Waals surface area contributed by atoms with Gasteiger partial charge in [0.2, 0.25) is 0 Å². The molecule has 0 heterocycles. The van der Waals surface area contributed by atoms with Crippen molar-refractivity contribution < 1.29 is 18.8 Å². The molecule has 2 nitrogen and oxygen atoms in total. The van der Waals surface area contributed by atoms with E-state index >= 15 is 0 Å². The molecule has 0 aliphatic carbocycles. The highest BCUT2D eigenvalue weighted by atomic mass is 19.1. The van der Waals surface area contributed by atoms with Crippen molar-refractivity contribution in [1.82, 2.24) is 0 Å². The van der Waals surface area contributed by atoms with E-state index in [2.05, 4.69) is 0 Å². The molecule has 0 atom stereocenters. The zero-order valence-corrected chi connectivity index (χ0v) is 8.77. The molecule has 86 valence electrons. The summed E-state index contributed by atoms with van der Waals surface area (Å²) in [6.45, 7) is 0. The first kappa shape index (κ1) is 11.8. The van der Waals surface area contributed by atoms with E-state index in [-0.39, 0.29) is 11.0 Å². The first-order valence-corrected chi connectivity index (χ1v) is 4.99. The van der Waals surface area contributed by atoms with Crippen molar-refractivity contribution in [3.05, 3.63) is 54.1 Å². The highest BCUT2D eigenvalue weighted by molar-refractivity contribution is 6.58. The highest BCUT2D eigenvalue weighted by Gasteiger charge is 2.13. The van der Waals surface area contributed by atoms with Crippen LogP contribution in [0.25, 0.3) is 11.1 Å². The lowest BCUT2D eigenvalue weighted by Crippen LogP contribution is -2.29. The Kier molecular flexibility index (Phi) is 3.22. The SMILES string of the molecule is OB(O)c1cccc(-c2ccc(F)cc2F)c1. The molecule has 2 aromatic carbocycles. The zero-order chi connectivity index (χ0) is 12.4. The summed E-state index contributed by atoms with van der Waals surface area (Å²) in [5.74, 6) is -1.33. The van der Waals surface area contributed by atoms with E-state index in [1.807, 2.05) is 0 Å². The number of benzene rings is 2. The molecule has 0 radical (unpaired) electrons. The number of hydrogen-bond donors (Lipinski definition) is 2. The first-order chi connectivity index (χ1) is 8.08. The predicted molar refractivity (Wildman–Crippen MR) is 61.6 cm³/mol. The molecular weight excluding hydrogens is 225 g/mol. The quantitative estimate of drug-likeness (QED) is 0.769. The van der Waals surface area contributed by atoms with Crippen molar-refractivity contribution in [2.75, 3.05) is 0 Å². The summed E-state index contributed by atoms with van der Waals surface area (Å²) in [6.07, 6.45) is 0. The van der Waals surface area contributed by atoms with Crippen molar-refractivity contribution >= 4 is 12.6 Å². The molecule has 2 N–H and O–H groups in total. The standard InChI is InChI=1S/C12H9BF2O2/c14-10-4-5-11(12(15)7-10)8-2-1-3-9(6-8)13(16)17/h1-7,16-17H. The van der Waals surface area contributed by atoms with E-state index in [9.17, 15) is 8.78 Å². The zero-order valence-electron chi connectivity index (χ0n) is 8.77. The molecule has 0 aliphatic rings. The van der Waals surface area contributed by atoms with Gasteiger partial charge in [0.15, 0.2) is 0 Å². The summed E-state index contributed by atoms with van der Waals surface area (Å²) in [4.78, 5) is 0. The third-order valence-electron chi connectivity index (χ3n) is 2.43. The lowest BCUT2D eigenvalue weighted by atomic mass is 9.79. The maximum atomic E-state index is 13.5. The Balaban J connectivity index is 2.49. The van der Waals surface area contributed by atoms with Gasteiger partial charge in [0.25, 0.3) is 0 Å². The molecule has 0 unspecified atom stereocenters. The van der Waals surface area contributed by atoms with Crippen molar-refractivity contribution in [3.63, 3.8) is 0 Å². The molecule has 0 amide bonds. The molecule has 0 fully saturated rings. The van der Waals surface area contributed by atoms with E-state index in [4.69, 9.17) is 10.0 Å². The smallest absolute Gasteiger partial charge is 0.423 e. The Morgan fingerprint density at radius 2 is 1.71 bits per heavy atom. The van der Waals surface area contributed by atoms with Gasteiger partial charge < -0.3 is 10.0 Å². The van der Waals surface area contributed by atoms with Crippen LogP contribution >= 0.6 is 0 Å². The average Bonchev–Trinajstić information content (AvgIpc) is 2.29. The van der Waals surface area contributed by atoms with Crippen LogP contribution in [0.4, 0.5) is 8.78 Å². The van der Waals surface area contributed by atoms with E-state index < -0.39 is 18.8 Å². The fourth-order valence-corrected chi connectivity index (χ4v) is 1.59. The summed E-state index contributed by atoms with van der Waals surface area (Å²) in [7, 11) is -1.61. The summed E-state index contributed by atoms with van der Waals surface area (Å²) < 4.78 is 26.3. The number of halogens is 2. The van der Waals surface area contributed by atoms with Gasteiger partial charge in [-0.1, -0.05) is 24.3 Å². The molecule has 0 saturated heterocycles. The van der Waals surface area contributed by atoms with E-state index in [0.717, 1.165) is 12.1 Å². The van der Waals surface area contributed by atoms with Crippen LogP contribution in [0.15, 0.2) is 42.5 Å². The number of rotatable bonds is 2. The van der Waals surface area contributed by atoms with Crippen LogP contribution < -0.4 is 5.46 Å². The van der Waals surface area contributed by atoms with Crippen LogP contribution in [0.2, 0.25) is 0 Å². The van der Waals surface area contributed by atoms with Gasteiger partial charge in [-0.3, -0.25) is 0 Å². The molecule has 0 aromatic heterocycles. The van der Waals surface area contributed by atoms with Gasteiger partial charge in [0.1, 0.15) is 11.6 Å². The monoisotopic (exact) mass is 234 g/mol. The van der Waals surface area contributed by atoms with Gasteiger partial charge in [-0.15, -0.1) is 0 Å². The minimum Gasteiger partial charge on any atom is -0.423 e. The van der Waals surface area contributed by atoms with Crippen LogP contribution in [0.3, 0.4) is 0 Å². The lowest BCUT2D eigenvalue weighted by Gasteiger charge is -2.06. The fourth-order valence-electron chi connectivity index (χ4n) is 1.59. The summed E-state index contributed by atoms with van der Waals surface area (Å²) >= 11 is 0. The molecule has 17 heavy (non-hydrogen) atoms. The second-order valence-electron chi connectivity index (χ2n) is 3.62. The summed E-state index contributed by atoms with van der Waals surface area (Å²) in [5, 5.41) is 18.0. The van der Waals surface area contributed by atoms with Gasteiger partial charge in [-0.2, -0.15) is 0 Å². The Labute approximate surface area is 97.3 Å². The molecule has 0 bridgehead atoms. The molecule has 2 rings (SSSR count). The number of hydrogen-bond acceptors (Lipinski definition) is 2. The van der Waals surface area contributed by atoms with Crippen LogP contribution in [0, 0.1) is 11.6 Å². The van der Waals surface area contributed by atoms with Crippen molar-refractivity contribution in [3.8, 4) is 11.1 Å². The topological polar surface area (TPSA) is 40.5 Å². The van der Waals surface area contributed by atoms with Gasteiger partial charge in [0.05, 0.1) is 0 Å². The molecule has 2 aromatic rings. The van der Waals surface area contributed by atoms with Gasteiger partial charge in [0, 0.05) is 11.6 Å². The van der Waals surface area contributed by atoms with Gasteiger partial charge in [-0.25, -0.2) is 8.78 Å². The van der Waals surface area contributed by atoms with E-state index in [1.165, 1.54) is 18.2 Å². The maximum absolute atomic E-state index is 13.5. The predicted octanol–water partition coefficient (Wildman–Crippen LogP) is 1.31. The third-order valence-corrected chi connectivity index (χ3v) is 2.43. The Hall–Kier alpha value is -1.72. The molecular formula is C12H9BF2O2. The Morgan fingerprint density at radius 1 is 0.941 bits per heavy atom. The van der Waals surface area contributed by atoms with Crippen LogP contribution in [-0.2, 0) is 0 Å². The van der Waals surface area contributed by atoms with Crippen LogP contribution in [-0.4, -0.2) is 17.2 Å². The largest absolute Gasteiger partial charge is 0.488 e. The highest BCUT2D eigenvalue weighted by Crippen LogP contribution is 2.22. The maximum Gasteiger partial charge on any atom is 0.488 e. The summed E-state index contributed by atoms with van der Waals surface area (Å²) in [5.41, 5.74) is 0.938. The molecule has 5 heteroatoms. The molecule has 0 saturated carbocycles. The fraction of sp³-hybridized carbons (Fsp3) is 0. The minimum atomic E-state index is -1.61. The molecule has 0 spiro atoms. The Bertz CT molecular complexity index is 544. The lowest BCUT2D eigenvalue weighted by molar-refractivity contribution is 0.426. The van der Waals surface area contributed by atoms with E-state index in [0.29, 0.717) is 5.56 Å². The van der Waals surface area contributed by atoms with Crippen LogP contribution in [0.5, 0.6) is 0 Å². The second-order valence-corrected chi connectivity index (χ2v) is 3.62. The van der Waals surface area contributed by atoms with E-state index in [1.54, 1.807) is 12.1 Å². The second kappa shape index (κ2) is 4.65. The third kappa shape index (κ3) is 2.51. The first-order valence-electron chi connectivity index (χ1n) is 4.99. The van der Waals surface area contributed by atoms with Gasteiger partial charge in [-0.05, 0) is 23.2 Å². The van der Waals surface area contributed by atoms with Gasteiger partial charge >= 0.3 is 7.12 Å².